The summed E-state index contributed by atoms with van der Waals surface area (Å²) in [4.78, 5) is 14.5. The summed E-state index contributed by atoms with van der Waals surface area (Å²) in [5.74, 6) is 0.363. The van der Waals surface area contributed by atoms with Crippen LogP contribution < -0.4 is 68.4 Å². The molecule has 15 aromatic rings. The summed E-state index contributed by atoms with van der Waals surface area (Å²) in [7, 11) is -1.78. The third-order valence-corrected chi connectivity index (χ3v) is 26.8. The summed E-state index contributed by atoms with van der Waals surface area (Å²) in [6.07, 6.45) is 0. The van der Waals surface area contributed by atoms with Gasteiger partial charge >= 0.3 is 0 Å². The zero-order chi connectivity index (χ0) is 70.5. The van der Waals surface area contributed by atoms with Crippen LogP contribution in [0.2, 0.25) is 0 Å². The minimum Gasteiger partial charge on any atom is -0.487 e. The van der Waals surface area contributed by atoms with Gasteiger partial charge in [-0.1, -0.05) is 382 Å². The summed E-state index contributed by atoms with van der Waals surface area (Å²) in [6, 6.07) is 145. The van der Waals surface area contributed by atoms with Crippen molar-refractivity contribution in [3.8, 4) is 5.75 Å². The van der Waals surface area contributed by atoms with Crippen LogP contribution in [0.4, 0.5) is 4.39 Å². The number of hydrogen-bond acceptors (Lipinski definition) is 3. The number of aromatic nitrogens is 2. The first-order chi connectivity index (χ1) is 50.9. The number of amides is 1. The van der Waals surface area contributed by atoms with Crippen molar-refractivity contribution in [3.05, 3.63) is 447 Å². The van der Waals surface area contributed by atoms with Crippen LogP contribution in [0, 0.1) is 12.7 Å². The molecule has 0 radical (unpaired) electrons. The fourth-order valence-corrected chi connectivity index (χ4v) is 21.2. The zero-order valence-electron chi connectivity index (χ0n) is 57.8. The summed E-state index contributed by atoms with van der Waals surface area (Å²) >= 11 is 0. The third-order valence-electron chi connectivity index (χ3n) is 17.0. The first-order valence-electron chi connectivity index (χ1n) is 34.5. The number of fused-ring (bicyclic) bond motifs is 1. The van der Waals surface area contributed by atoms with Crippen LogP contribution in [0.1, 0.15) is 27.3 Å². The van der Waals surface area contributed by atoms with Crippen LogP contribution in [-0.4, -0.2) is 27.1 Å². The van der Waals surface area contributed by atoms with E-state index in [9.17, 15) is 9.18 Å². The van der Waals surface area contributed by atoms with Gasteiger partial charge in [0.1, 0.15) is 23.9 Å². The largest absolute Gasteiger partial charge is 0.487 e. The molecule has 5 nitrogen and oxygen atoms in total. The Bertz CT molecular complexity index is 4060. The van der Waals surface area contributed by atoms with E-state index in [1.807, 2.05) is 41.9 Å². The van der Waals surface area contributed by atoms with Gasteiger partial charge < -0.3 is 9.64 Å². The molecule has 11 heteroatoms. The van der Waals surface area contributed by atoms with Gasteiger partial charge in [0.25, 0.3) is 5.91 Å². The van der Waals surface area contributed by atoms with Crippen LogP contribution in [-0.2, 0) is 40.1 Å². The Hall–Kier alpha value is -10.1. The summed E-state index contributed by atoms with van der Waals surface area (Å²) in [5.41, 5.74) is 3.44. The zero-order valence-corrected chi connectivity index (χ0v) is 62.9. The number of nitrogens with zero attached hydrogens (tertiary/aromatic N) is 3. The van der Waals surface area contributed by atoms with Crippen molar-refractivity contribution in [1.82, 2.24) is 14.7 Å². The summed E-state index contributed by atoms with van der Waals surface area (Å²) in [6.45, 7) is 4.09. The molecule has 0 atom stereocenters. The second kappa shape index (κ2) is 40.1. The average Bonchev–Trinajstić information content (AvgIpc) is 1.67. The van der Waals surface area contributed by atoms with E-state index >= 15 is 0 Å². The Morgan fingerprint density at radius 2 is 0.548 bits per heavy atom. The van der Waals surface area contributed by atoms with Gasteiger partial charge in [-0.3, -0.25) is 9.48 Å². The molecule has 0 aliphatic carbocycles. The van der Waals surface area contributed by atoms with E-state index in [-0.39, 0.29) is 32.1 Å². The summed E-state index contributed by atoms with van der Waals surface area (Å²) < 4.78 is 20.9. The molecule has 0 saturated heterocycles. The molecule has 0 unspecified atom stereocenters. The smallest absolute Gasteiger partial charge is 0.254 e. The Morgan fingerprint density at radius 3 is 0.779 bits per heavy atom. The maximum absolute atomic E-state index is 13.1. The number of carbonyl (C=O) groups is 1. The van der Waals surface area contributed by atoms with Crippen LogP contribution in [0.3, 0.4) is 0 Å². The fourth-order valence-electron chi connectivity index (χ4n) is 12.0. The molecular formula is C93H80FN3O2P4Pd. The average molecular weight is 1520 g/mol. The van der Waals surface area contributed by atoms with E-state index in [2.05, 4.69) is 369 Å². The van der Waals surface area contributed by atoms with Gasteiger partial charge in [0, 0.05) is 32.5 Å². The number of rotatable bonds is 16. The quantitative estimate of drug-likeness (QED) is 0.0715. The van der Waals surface area contributed by atoms with E-state index in [0.717, 1.165) is 22.7 Å². The standard InChI is InChI=1S/C21H20FN3O2.4C18H15P.Pd/c1-15-19(14-27-18-5-3-2-4-6-18)23-25-12-11-24(13-20(15)25)21(26)16-7-9-17(22)10-8-16;4*1-4-10-16(11-5-1)19(17-12-6-2-7-13-17)18-14-8-3-9-15-18;/h2-10H,11-14H2,1H3;4*1-15H;. The van der Waals surface area contributed by atoms with Crippen LogP contribution in [0.5, 0.6) is 5.75 Å². The molecule has 104 heavy (non-hydrogen) atoms. The monoisotopic (exact) mass is 1520 g/mol. The van der Waals surface area contributed by atoms with Gasteiger partial charge in [-0.2, -0.15) is 5.10 Å². The maximum atomic E-state index is 13.1. The minimum atomic E-state index is -0.446. The molecule has 0 saturated carbocycles. The number of benzene rings is 14. The molecule has 1 aliphatic heterocycles. The van der Waals surface area contributed by atoms with Crippen LogP contribution in [0.15, 0.2) is 419 Å². The topological polar surface area (TPSA) is 47.4 Å². The van der Waals surface area contributed by atoms with Gasteiger partial charge in [0.05, 0.1) is 18.8 Å². The fraction of sp³-hybridized carbons (Fsp3) is 0.0538. The van der Waals surface area contributed by atoms with Crippen LogP contribution >= 0.6 is 31.7 Å². The first kappa shape index (κ1) is 75.0. The molecular weight excluding hydrogens is 1440 g/mol. The van der Waals surface area contributed by atoms with Gasteiger partial charge in [-0.05, 0) is 144 Å². The SMILES string of the molecule is Cc1c(COc2ccccc2)nn2c1CN(C(=O)c1ccc(F)cc1)CC2.[Pd].c1ccc(P(c2ccccc2)c2ccccc2)cc1.c1ccc(P(c2ccccc2)c2ccccc2)cc1.c1ccc(P(c2ccccc2)c2ccccc2)cc1.c1ccc(P(c2ccccc2)c2ccccc2)cc1. The Balaban J connectivity index is 0.000000131. The van der Waals surface area contributed by atoms with Crippen molar-refractivity contribution in [2.45, 2.75) is 26.6 Å². The Labute approximate surface area is 631 Å². The van der Waals surface area contributed by atoms with E-state index in [1.54, 1.807) is 4.90 Å². The Morgan fingerprint density at radius 1 is 0.327 bits per heavy atom. The van der Waals surface area contributed by atoms with Crippen molar-refractivity contribution < 1.29 is 34.3 Å². The predicted molar refractivity (Wildman–Crippen MR) is 439 cm³/mol. The molecule has 14 aromatic carbocycles. The molecule has 2 heterocycles. The van der Waals surface area contributed by atoms with E-state index < -0.39 is 31.7 Å². The van der Waals surface area contributed by atoms with Gasteiger partial charge in [0.2, 0.25) is 0 Å². The number of hydrogen-bond donors (Lipinski definition) is 0. The van der Waals surface area contributed by atoms with Crippen molar-refractivity contribution in [2.75, 3.05) is 6.54 Å². The number of carbonyl (C=O) groups excluding carboxylic acids is 1. The molecule has 516 valence electrons. The van der Waals surface area contributed by atoms with Crippen molar-refractivity contribution >= 4 is 101 Å². The number of halogens is 1. The van der Waals surface area contributed by atoms with Crippen LogP contribution in [0.25, 0.3) is 0 Å². The molecule has 0 spiro atoms. The molecule has 16 rings (SSSR count). The second-order valence-electron chi connectivity index (χ2n) is 23.9. The maximum Gasteiger partial charge on any atom is 0.254 e. The van der Waals surface area contributed by atoms with Crippen molar-refractivity contribution in [1.29, 1.82) is 0 Å². The second-order valence-corrected chi connectivity index (χ2v) is 32.8. The van der Waals surface area contributed by atoms with E-state index in [4.69, 9.17) is 4.74 Å². The molecule has 0 fully saturated rings. The number of ether oxygens (including phenoxy) is 1. The van der Waals surface area contributed by atoms with Crippen molar-refractivity contribution in [2.24, 2.45) is 0 Å². The predicted octanol–water partition coefficient (Wildman–Crippen LogP) is 17.3. The minimum absolute atomic E-state index is 0. The Kier molecular flexibility index (Phi) is 28.9. The molecule has 1 amide bonds. The van der Waals surface area contributed by atoms with E-state index in [0.29, 0.717) is 31.8 Å². The summed E-state index contributed by atoms with van der Waals surface area (Å²) in [5, 5.41) is 21.4. The molecule has 0 bridgehead atoms. The van der Waals surface area contributed by atoms with Crippen molar-refractivity contribution in [3.63, 3.8) is 0 Å². The first-order valence-corrected chi connectivity index (χ1v) is 39.9. The van der Waals surface area contributed by atoms with E-state index in [1.165, 1.54) is 87.9 Å². The third kappa shape index (κ3) is 21.0. The number of para-hydroxylation sites is 1. The van der Waals surface area contributed by atoms with Gasteiger partial charge in [-0.25, -0.2) is 4.39 Å². The molecule has 0 N–H and O–H groups in total. The van der Waals surface area contributed by atoms with Gasteiger partial charge in [0.15, 0.2) is 0 Å². The molecule has 1 aliphatic rings. The molecule has 1 aromatic heterocycles. The normalized spacial score (nSPS) is 11.2. The van der Waals surface area contributed by atoms with Gasteiger partial charge in [-0.15, -0.1) is 0 Å².